The molecule has 11 heavy (non-hydrogen) atoms. The number of carbonyl (C=O) groups excluding carboxylic acids is 1. The van der Waals surface area contributed by atoms with Gasteiger partial charge in [-0.15, -0.1) is 0 Å². The zero-order chi connectivity index (χ0) is 7.68. The summed E-state index contributed by atoms with van der Waals surface area (Å²) >= 11 is 0. The van der Waals surface area contributed by atoms with Gasteiger partial charge >= 0.3 is 0 Å². The molecule has 1 nitrogen and oxygen atoms in total. The predicted octanol–water partition coefficient (Wildman–Crippen LogP) is 2.61. The van der Waals surface area contributed by atoms with E-state index >= 15 is 0 Å². The van der Waals surface area contributed by atoms with Crippen molar-refractivity contribution < 1.29 is 4.79 Å². The van der Waals surface area contributed by atoms with Crippen LogP contribution in [0.2, 0.25) is 0 Å². The zero-order valence-electron chi connectivity index (χ0n) is 6.86. The predicted molar refractivity (Wildman–Crippen MR) is 44.4 cm³/mol. The molecule has 0 radical (unpaired) electrons. The highest BCUT2D eigenvalue weighted by Crippen LogP contribution is 2.34. The fraction of sp³-hybridized carbons (Fsp3) is 0.700. The lowest BCUT2D eigenvalue weighted by atomic mass is 9.81. The summed E-state index contributed by atoms with van der Waals surface area (Å²) in [6, 6.07) is 0. The van der Waals surface area contributed by atoms with Gasteiger partial charge in [-0.1, -0.05) is 11.1 Å². The number of hydrogen-bond acceptors (Lipinski definition) is 1. The summed E-state index contributed by atoms with van der Waals surface area (Å²) in [5.41, 5.74) is 3.30. The molecule has 0 aromatic heterocycles. The van der Waals surface area contributed by atoms with E-state index in [1.807, 2.05) is 0 Å². The van der Waals surface area contributed by atoms with Crippen LogP contribution in [-0.2, 0) is 4.79 Å². The summed E-state index contributed by atoms with van der Waals surface area (Å²) in [6.45, 7) is 0. The number of allylic oxidation sites excluding steroid dienone is 2. The maximum atomic E-state index is 10.9. The van der Waals surface area contributed by atoms with Crippen molar-refractivity contribution in [2.75, 3.05) is 0 Å². The smallest absolute Gasteiger partial charge is 0.133 e. The Bertz CT molecular complexity index is 195. The first-order chi connectivity index (χ1) is 5.36. The zero-order valence-corrected chi connectivity index (χ0v) is 6.86. The second kappa shape index (κ2) is 2.80. The summed E-state index contributed by atoms with van der Waals surface area (Å²) in [5.74, 6) is 0.466. The van der Waals surface area contributed by atoms with Crippen LogP contribution in [0.15, 0.2) is 11.1 Å². The maximum absolute atomic E-state index is 10.9. The Kier molecular flexibility index (Phi) is 1.80. The molecule has 0 unspecified atom stereocenters. The van der Waals surface area contributed by atoms with Crippen LogP contribution in [0.5, 0.6) is 0 Å². The summed E-state index contributed by atoms with van der Waals surface area (Å²) in [6.07, 6.45) is 7.82. The normalized spacial score (nSPS) is 25.3. The molecule has 0 N–H and O–H groups in total. The van der Waals surface area contributed by atoms with E-state index in [0.29, 0.717) is 5.78 Å². The van der Waals surface area contributed by atoms with Gasteiger partial charge in [0, 0.05) is 12.8 Å². The van der Waals surface area contributed by atoms with Crippen LogP contribution in [-0.4, -0.2) is 5.78 Å². The minimum Gasteiger partial charge on any atom is -0.300 e. The van der Waals surface area contributed by atoms with E-state index in [0.717, 1.165) is 25.7 Å². The average Bonchev–Trinajstić information content (AvgIpc) is 1.90. The van der Waals surface area contributed by atoms with Gasteiger partial charge in [-0.2, -0.15) is 0 Å². The lowest BCUT2D eigenvalue weighted by Crippen LogP contribution is -2.10. The number of carbonyl (C=O) groups is 1. The molecular weight excluding hydrogens is 136 g/mol. The van der Waals surface area contributed by atoms with Crippen LogP contribution in [0.1, 0.15) is 44.9 Å². The Balaban J connectivity index is 2.01. The molecular formula is C10H14O. The van der Waals surface area contributed by atoms with Crippen molar-refractivity contribution in [2.24, 2.45) is 0 Å². The van der Waals surface area contributed by atoms with Crippen molar-refractivity contribution in [2.45, 2.75) is 44.9 Å². The molecule has 0 heterocycles. The van der Waals surface area contributed by atoms with Gasteiger partial charge in [0.15, 0.2) is 0 Å². The fourth-order valence-corrected chi connectivity index (χ4v) is 1.89. The van der Waals surface area contributed by atoms with Gasteiger partial charge in [-0.25, -0.2) is 0 Å². The van der Waals surface area contributed by atoms with Gasteiger partial charge in [0.25, 0.3) is 0 Å². The molecule has 2 saturated carbocycles. The molecule has 0 aliphatic heterocycles. The first-order valence-corrected chi connectivity index (χ1v) is 4.58. The average molecular weight is 150 g/mol. The molecule has 0 spiro atoms. The SMILES string of the molecule is O=C1CCC(=C2CCC2)CC1. The number of Topliss-reactive ketones (excluding diaryl/α,β-unsaturated/α-hetero) is 1. The highest BCUT2D eigenvalue weighted by Gasteiger charge is 2.19. The largest absolute Gasteiger partial charge is 0.300 e. The van der Waals surface area contributed by atoms with Crippen LogP contribution in [0.25, 0.3) is 0 Å². The van der Waals surface area contributed by atoms with Crippen LogP contribution < -0.4 is 0 Å². The minimum absolute atomic E-state index is 0.466. The highest BCUT2D eigenvalue weighted by atomic mass is 16.1. The molecule has 2 rings (SSSR count). The molecule has 2 aliphatic carbocycles. The fourth-order valence-electron chi connectivity index (χ4n) is 1.89. The van der Waals surface area contributed by atoms with Gasteiger partial charge in [0.05, 0.1) is 0 Å². The molecule has 60 valence electrons. The second-order valence-electron chi connectivity index (χ2n) is 3.60. The van der Waals surface area contributed by atoms with Crippen LogP contribution >= 0.6 is 0 Å². The molecule has 0 bridgehead atoms. The topological polar surface area (TPSA) is 17.1 Å². The number of ketones is 1. The van der Waals surface area contributed by atoms with Crippen molar-refractivity contribution in [3.8, 4) is 0 Å². The summed E-state index contributed by atoms with van der Waals surface area (Å²) in [4.78, 5) is 10.9. The van der Waals surface area contributed by atoms with E-state index in [1.54, 1.807) is 11.1 Å². The van der Waals surface area contributed by atoms with Crippen molar-refractivity contribution in [3.05, 3.63) is 11.1 Å². The standard InChI is InChI=1S/C10H14O/c11-10-6-4-9(5-7-10)8-2-1-3-8/h1-7H2. The Morgan fingerprint density at radius 3 is 1.73 bits per heavy atom. The molecule has 0 aromatic rings. The van der Waals surface area contributed by atoms with Crippen molar-refractivity contribution in [1.29, 1.82) is 0 Å². The Morgan fingerprint density at radius 2 is 1.27 bits per heavy atom. The molecule has 1 heteroatoms. The molecule has 0 amide bonds. The first-order valence-electron chi connectivity index (χ1n) is 4.58. The lowest BCUT2D eigenvalue weighted by Gasteiger charge is -2.24. The lowest BCUT2D eigenvalue weighted by molar-refractivity contribution is -0.119. The molecule has 2 aliphatic rings. The third-order valence-electron chi connectivity index (χ3n) is 2.87. The summed E-state index contributed by atoms with van der Waals surface area (Å²) < 4.78 is 0. The van der Waals surface area contributed by atoms with Gasteiger partial charge < -0.3 is 0 Å². The van der Waals surface area contributed by atoms with Gasteiger partial charge in [0.1, 0.15) is 5.78 Å². The van der Waals surface area contributed by atoms with Gasteiger partial charge in [0.2, 0.25) is 0 Å². The number of rotatable bonds is 0. The Morgan fingerprint density at radius 1 is 0.727 bits per heavy atom. The second-order valence-corrected chi connectivity index (χ2v) is 3.60. The first kappa shape index (κ1) is 7.08. The monoisotopic (exact) mass is 150 g/mol. The molecule has 0 saturated heterocycles. The van der Waals surface area contributed by atoms with Gasteiger partial charge in [-0.05, 0) is 32.1 Å². The van der Waals surface area contributed by atoms with Crippen molar-refractivity contribution >= 4 is 5.78 Å². The Labute approximate surface area is 67.5 Å². The minimum atomic E-state index is 0.466. The third kappa shape index (κ3) is 1.37. The quantitative estimate of drug-likeness (QED) is 0.485. The maximum Gasteiger partial charge on any atom is 0.133 e. The van der Waals surface area contributed by atoms with E-state index in [2.05, 4.69) is 0 Å². The summed E-state index contributed by atoms with van der Waals surface area (Å²) in [7, 11) is 0. The summed E-state index contributed by atoms with van der Waals surface area (Å²) in [5, 5.41) is 0. The Hall–Kier alpha value is -0.590. The van der Waals surface area contributed by atoms with E-state index in [9.17, 15) is 4.79 Å². The highest BCUT2D eigenvalue weighted by molar-refractivity contribution is 5.80. The van der Waals surface area contributed by atoms with E-state index in [1.165, 1.54) is 19.3 Å². The molecule has 0 atom stereocenters. The third-order valence-corrected chi connectivity index (χ3v) is 2.87. The number of hydrogen-bond donors (Lipinski definition) is 0. The van der Waals surface area contributed by atoms with Crippen LogP contribution in [0.4, 0.5) is 0 Å². The van der Waals surface area contributed by atoms with Crippen molar-refractivity contribution in [1.82, 2.24) is 0 Å². The van der Waals surface area contributed by atoms with E-state index in [4.69, 9.17) is 0 Å². The van der Waals surface area contributed by atoms with Crippen molar-refractivity contribution in [3.63, 3.8) is 0 Å². The van der Waals surface area contributed by atoms with Gasteiger partial charge in [-0.3, -0.25) is 4.79 Å². The van der Waals surface area contributed by atoms with Crippen LogP contribution in [0.3, 0.4) is 0 Å². The van der Waals surface area contributed by atoms with E-state index < -0.39 is 0 Å². The van der Waals surface area contributed by atoms with Crippen LogP contribution in [0, 0.1) is 0 Å². The molecule has 2 fully saturated rings. The van der Waals surface area contributed by atoms with E-state index in [-0.39, 0.29) is 0 Å². The molecule has 0 aromatic carbocycles.